The van der Waals surface area contributed by atoms with E-state index in [0.29, 0.717) is 24.1 Å². The van der Waals surface area contributed by atoms with Crippen molar-refractivity contribution in [1.82, 2.24) is 15.1 Å². The Morgan fingerprint density at radius 1 is 1.53 bits per heavy atom. The lowest BCUT2D eigenvalue weighted by atomic mass is 10.4. The van der Waals surface area contributed by atoms with Crippen LogP contribution in [-0.2, 0) is 7.05 Å². The van der Waals surface area contributed by atoms with E-state index in [2.05, 4.69) is 15.7 Å². The fourth-order valence-electron chi connectivity index (χ4n) is 1.81. The fraction of sp³-hybridized carbons (Fsp3) is 0.700. The summed E-state index contributed by atoms with van der Waals surface area (Å²) in [7, 11) is 1.71. The quantitative estimate of drug-likeness (QED) is 0.436. The van der Waals surface area contributed by atoms with Gasteiger partial charge in [0.2, 0.25) is 5.82 Å². The molecule has 1 aromatic heterocycles. The maximum Gasteiger partial charge on any atom is 0.333 e. The van der Waals surface area contributed by atoms with Gasteiger partial charge in [0.15, 0.2) is 0 Å². The van der Waals surface area contributed by atoms with Gasteiger partial charge in [-0.1, -0.05) is 0 Å². The van der Waals surface area contributed by atoms with Gasteiger partial charge in [0.05, 0.1) is 4.92 Å². The van der Waals surface area contributed by atoms with Gasteiger partial charge in [-0.2, -0.15) is 5.10 Å². The molecule has 1 aliphatic carbocycles. The van der Waals surface area contributed by atoms with Gasteiger partial charge >= 0.3 is 5.69 Å². The largest absolute Gasteiger partial charge is 0.363 e. The number of rotatable bonds is 6. The lowest BCUT2D eigenvalue weighted by Gasteiger charge is -2.06. The lowest BCUT2D eigenvalue weighted by molar-refractivity contribution is -0.384. The van der Waals surface area contributed by atoms with Gasteiger partial charge in [0.1, 0.15) is 5.69 Å². The molecule has 7 heteroatoms. The highest BCUT2D eigenvalue weighted by atomic mass is 16.6. The van der Waals surface area contributed by atoms with Gasteiger partial charge in [-0.25, -0.2) is 4.68 Å². The predicted octanol–water partition coefficient (Wildman–Crippen LogP) is 0.801. The third-order valence-electron chi connectivity index (χ3n) is 2.80. The van der Waals surface area contributed by atoms with E-state index in [4.69, 9.17) is 0 Å². The van der Waals surface area contributed by atoms with Crippen LogP contribution in [0, 0.1) is 17.0 Å². The zero-order valence-corrected chi connectivity index (χ0v) is 10.1. The molecule has 0 atom stereocenters. The van der Waals surface area contributed by atoms with Crippen LogP contribution >= 0.6 is 0 Å². The Bertz CT molecular complexity index is 425. The second kappa shape index (κ2) is 4.70. The number of nitro groups is 1. The van der Waals surface area contributed by atoms with Gasteiger partial charge in [0, 0.05) is 26.2 Å². The topological polar surface area (TPSA) is 85.0 Å². The molecule has 0 radical (unpaired) electrons. The Hall–Kier alpha value is -1.63. The van der Waals surface area contributed by atoms with Crippen molar-refractivity contribution in [3.05, 3.63) is 15.8 Å². The van der Waals surface area contributed by atoms with Crippen LogP contribution < -0.4 is 10.6 Å². The fourth-order valence-corrected chi connectivity index (χ4v) is 1.81. The molecule has 94 valence electrons. The maximum atomic E-state index is 10.9. The first-order valence-corrected chi connectivity index (χ1v) is 5.75. The number of hydrogen-bond acceptors (Lipinski definition) is 5. The average molecular weight is 239 g/mol. The van der Waals surface area contributed by atoms with Crippen molar-refractivity contribution in [2.24, 2.45) is 7.05 Å². The van der Waals surface area contributed by atoms with Gasteiger partial charge in [-0.15, -0.1) is 0 Å². The summed E-state index contributed by atoms with van der Waals surface area (Å²) in [5.74, 6) is 0.477. The van der Waals surface area contributed by atoms with Crippen molar-refractivity contribution >= 4 is 11.5 Å². The molecule has 1 fully saturated rings. The summed E-state index contributed by atoms with van der Waals surface area (Å²) in [4.78, 5) is 10.5. The smallest absolute Gasteiger partial charge is 0.333 e. The van der Waals surface area contributed by atoms with Gasteiger partial charge in [-0.3, -0.25) is 10.1 Å². The third-order valence-corrected chi connectivity index (χ3v) is 2.80. The number of aryl methyl sites for hydroxylation is 2. The van der Waals surface area contributed by atoms with E-state index in [-0.39, 0.29) is 10.6 Å². The Morgan fingerprint density at radius 3 is 2.82 bits per heavy atom. The summed E-state index contributed by atoms with van der Waals surface area (Å²) in [5, 5.41) is 21.4. The van der Waals surface area contributed by atoms with Crippen LogP contribution in [0.5, 0.6) is 0 Å². The average Bonchev–Trinajstić information content (AvgIpc) is 3.00. The van der Waals surface area contributed by atoms with Crippen LogP contribution in [0.3, 0.4) is 0 Å². The van der Waals surface area contributed by atoms with Crippen LogP contribution in [-0.4, -0.2) is 33.8 Å². The van der Waals surface area contributed by atoms with Crippen LogP contribution in [0.15, 0.2) is 0 Å². The number of nitrogens with one attached hydrogen (secondary N) is 2. The van der Waals surface area contributed by atoms with Crippen LogP contribution in [0.25, 0.3) is 0 Å². The van der Waals surface area contributed by atoms with Crippen molar-refractivity contribution in [2.45, 2.75) is 25.8 Å². The van der Waals surface area contributed by atoms with E-state index in [1.165, 1.54) is 17.5 Å². The summed E-state index contributed by atoms with van der Waals surface area (Å²) in [6.45, 7) is 3.12. The van der Waals surface area contributed by atoms with Crippen molar-refractivity contribution in [1.29, 1.82) is 0 Å². The number of anilines is 1. The summed E-state index contributed by atoms with van der Waals surface area (Å²) in [6, 6.07) is 0.653. The molecule has 0 amide bonds. The molecule has 2 N–H and O–H groups in total. The second-order valence-corrected chi connectivity index (χ2v) is 4.32. The summed E-state index contributed by atoms with van der Waals surface area (Å²) < 4.78 is 1.52. The number of nitrogens with zero attached hydrogens (tertiary/aromatic N) is 3. The third kappa shape index (κ3) is 2.73. The molecular formula is C10H17N5O2. The van der Waals surface area contributed by atoms with Crippen LogP contribution in [0.2, 0.25) is 0 Å². The molecule has 0 bridgehead atoms. The Labute approximate surface area is 99.3 Å². The molecule has 1 saturated carbocycles. The molecule has 0 unspecified atom stereocenters. The second-order valence-electron chi connectivity index (χ2n) is 4.32. The minimum Gasteiger partial charge on any atom is -0.363 e. The summed E-state index contributed by atoms with van der Waals surface area (Å²) >= 11 is 0. The zero-order chi connectivity index (χ0) is 12.4. The monoisotopic (exact) mass is 239 g/mol. The van der Waals surface area contributed by atoms with Crippen molar-refractivity contribution in [3.8, 4) is 0 Å². The lowest BCUT2D eigenvalue weighted by Crippen LogP contribution is -2.24. The first kappa shape index (κ1) is 11.8. The molecule has 1 aliphatic rings. The Morgan fingerprint density at radius 2 is 2.24 bits per heavy atom. The van der Waals surface area contributed by atoms with Crippen LogP contribution in [0.4, 0.5) is 11.5 Å². The highest BCUT2D eigenvalue weighted by Gasteiger charge is 2.24. The predicted molar refractivity (Wildman–Crippen MR) is 64.1 cm³/mol. The highest BCUT2D eigenvalue weighted by Crippen LogP contribution is 2.26. The molecular weight excluding hydrogens is 222 g/mol. The molecule has 1 heterocycles. The standard InChI is InChI=1S/C10H17N5O2/c1-7-9(15(16)17)10(14(2)13-7)12-6-5-11-8-3-4-8/h8,11-12H,3-6H2,1-2H3. The molecule has 0 aromatic carbocycles. The van der Waals surface area contributed by atoms with Gasteiger partial charge in [0.25, 0.3) is 0 Å². The Balaban J connectivity index is 1.95. The van der Waals surface area contributed by atoms with E-state index < -0.39 is 0 Å². The first-order chi connectivity index (χ1) is 8.09. The first-order valence-electron chi connectivity index (χ1n) is 5.75. The molecule has 2 rings (SSSR count). The molecule has 17 heavy (non-hydrogen) atoms. The minimum absolute atomic E-state index is 0.0684. The van der Waals surface area contributed by atoms with E-state index in [0.717, 1.165) is 6.54 Å². The normalized spacial score (nSPS) is 14.9. The van der Waals surface area contributed by atoms with E-state index in [1.807, 2.05) is 0 Å². The molecule has 0 aliphatic heterocycles. The molecule has 0 saturated heterocycles. The SMILES string of the molecule is Cc1nn(C)c(NCCNC2CC2)c1[N+](=O)[O-]. The zero-order valence-electron chi connectivity index (χ0n) is 10.1. The van der Waals surface area contributed by atoms with Crippen molar-refractivity contribution < 1.29 is 4.92 Å². The minimum atomic E-state index is -0.390. The van der Waals surface area contributed by atoms with Crippen molar-refractivity contribution in [3.63, 3.8) is 0 Å². The highest BCUT2D eigenvalue weighted by molar-refractivity contribution is 5.59. The van der Waals surface area contributed by atoms with Gasteiger partial charge < -0.3 is 10.6 Å². The number of hydrogen-bond donors (Lipinski definition) is 2. The molecule has 7 nitrogen and oxygen atoms in total. The van der Waals surface area contributed by atoms with Crippen molar-refractivity contribution in [2.75, 3.05) is 18.4 Å². The van der Waals surface area contributed by atoms with E-state index >= 15 is 0 Å². The van der Waals surface area contributed by atoms with E-state index in [9.17, 15) is 10.1 Å². The van der Waals surface area contributed by atoms with Crippen LogP contribution in [0.1, 0.15) is 18.5 Å². The van der Waals surface area contributed by atoms with E-state index in [1.54, 1.807) is 14.0 Å². The maximum absolute atomic E-state index is 10.9. The van der Waals surface area contributed by atoms with Gasteiger partial charge in [-0.05, 0) is 19.8 Å². The summed E-state index contributed by atoms with van der Waals surface area (Å²) in [5.41, 5.74) is 0.508. The number of aromatic nitrogens is 2. The molecule has 0 spiro atoms. The summed E-state index contributed by atoms with van der Waals surface area (Å²) in [6.07, 6.45) is 2.48. The molecule has 1 aromatic rings. The Kier molecular flexibility index (Phi) is 3.28.